The molecule has 96 valence electrons. The molecule has 0 bridgehead atoms. The fourth-order valence-electron chi connectivity index (χ4n) is 1.96. The minimum atomic E-state index is -0.849. The van der Waals surface area contributed by atoms with E-state index in [0.29, 0.717) is 24.4 Å². The van der Waals surface area contributed by atoms with Crippen LogP contribution in [0.4, 0.5) is 0 Å². The predicted molar refractivity (Wildman–Crippen MR) is 62.4 cm³/mol. The van der Waals surface area contributed by atoms with E-state index >= 15 is 0 Å². The van der Waals surface area contributed by atoms with Crippen LogP contribution in [0.25, 0.3) is 0 Å². The van der Waals surface area contributed by atoms with Gasteiger partial charge in [0.05, 0.1) is 18.6 Å². The Morgan fingerprint density at radius 2 is 2.28 bits per heavy atom. The first kappa shape index (κ1) is 12.3. The van der Waals surface area contributed by atoms with Crippen LogP contribution in [0.1, 0.15) is 16.8 Å². The highest BCUT2D eigenvalue weighted by molar-refractivity contribution is 5.94. The molecule has 2 rings (SSSR count). The maximum Gasteiger partial charge on any atom is 0.308 e. The third kappa shape index (κ3) is 2.42. The molecule has 1 saturated heterocycles. The summed E-state index contributed by atoms with van der Waals surface area (Å²) in [5, 5.41) is 8.88. The molecule has 6 nitrogen and oxygen atoms in total. The second-order valence-corrected chi connectivity index (χ2v) is 4.16. The summed E-state index contributed by atoms with van der Waals surface area (Å²) in [6, 6.07) is 3.24. The van der Waals surface area contributed by atoms with Crippen LogP contribution in [-0.4, -0.2) is 47.1 Å². The molecular weight excluding hydrogens is 236 g/mol. The van der Waals surface area contributed by atoms with Crippen LogP contribution in [0.15, 0.2) is 18.3 Å². The lowest BCUT2D eigenvalue weighted by Gasteiger charge is -2.15. The lowest BCUT2D eigenvalue weighted by Crippen LogP contribution is -2.30. The number of amides is 1. The minimum Gasteiger partial charge on any atom is -0.481 e. The van der Waals surface area contributed by atoms with Gasteiger partial charge in [-0.2, -0.15) is 0 Å². The quantitative estimate of drug-likeness (QED) is 0.851. The highest BCUT2D eigenvalue weighted by atomic mass is 16.5. The van der Waals surface area contributed by atoms with Crippen LogP contribution in [0.5, 0.6) is 5.88 Å². The van der Waals surface area contributed by atoms with Gasteiger partial charge in [-0.05, 0) is 12.5 Å². The van der Waals surface area contributed by atoms with E-state index in [0.717, 1.165) is 0 Å². The van der Waals surface area contributed by atoms with Gasteiger partial charge in [0, 0.05) is 25.4 Å². The molecule has 0 aromatic carbocycles. The van der Waals surface area contributed by atoms with Crippen molar-refractivity contribution in [3.63, 3.8) is 0 Å². The molecular formula is C12H14N2O4. The van der Waals surface area contributed by atoms with Crippen LogP contribution in [0.2, 0.25) is 0 Å². The van der Waals surface area contributed by atoms with Gasteiger partial charge in [0.1, 0.15) is 0 Å². The van der Waals surface area contributed by atoms with E-state index in [9.17, 15) is 9.59 Å². The third-order valence-electron chi connectivity index (χ3n) is 3.02. The van der Waals surface area contributed by atoms with Gasteiger partial charge in [-0.25, -0.2) is 4.98 Å². The molecule has 6 heteroatoms. The summed E-state index contributed by atoms with van der Waals surface area (Å²) < 4.78 is 4.91. The maximum absolute atomic E-state index is 12.1. The van der Waals surface area contributed by atoms with Crippen LogP contribution in [-0.2, 0) is 4.79 Å². The summed E-state index contributed by atoms with van der Waals surface area (Å²) in [5.74, 6) is -1.05. The van der Waals surface area contributed by atoms with Crippen molar-refractivity contribution in [2.75, 3.05) is 20.2 Å². The van der Waals surface area contributed by atoms with Gasteiger partial charge < -0.3 is 14.7 Å². The number of hydrogen-bond donors (Lipinski definition) is 1. The predicted octanol–water partition coefficient (Wildman–Crippen LogP) is 0.637. The summed E-state index contributed by atoms with van der Waals surface area (Å²) in [6.07, 6.45) is 1.94. The SMILES string of the molecule is COc1ccc(C(=O)N2CCC(C(=O)O)C2)cn1. The Morgan fingerprint density at radius 3 is 2.78 bits per heavy atom. The molecule has 1 aromatic rings. The Balaban J connectivity index is 2.05. The zero-order valence-electron chi connectivity index (χ0n) is 10.00. The zero-order valence-corrected chi connectivity index (χ0v) is 10.00. The number of pyridine rings is 1. The van der Waals surface area contributed by atoms with Crippen molar-refractivity contribution >= 4 is 11.9 Å². The van der Waals surface area contributed by atoms with Gasteiger partial charge in [-0.3, -0.25) is 9.59 Å². The van der Waals surface area contributed by atoms with Crippen LogP contribution < -0.4 is 4.74 Å². The fraction of sp³-hybridized carbons (Fsp3) is 0.417. The maximum atomic E-state index is 12.1. The highest BCUT2D eigenvalue weighted by Gasteiger charge is 2.31. The third-order valence-corrected chi connectivity index (χ3v) is 3.02. The molecule has 0 radical (unpaired) electrons. The van der Waals surface area contributed by atoms with Crippen molar-refractivity contribution in [2.45, 2.75) is 6.42 Å². The number of carbonyl (C=O) groups excluding carboxylic acids is 1. The summed E-state index contributed by atoms with van der Waals surface area (Å²) >= 11 is 0. The lowest BCUT2D eigenvalue weighted by atomic mass is 10.1. The molecule has 1 unspecified atom stereocenters. The smallest absolute Gasteiger partial charge is 0.308 e. The number of ether oxygens (including phenoxy) is 1. The van der Waals surface area contributed by atoms with Crippen molar-refractivity contribution in [1.82, 2.24) is 9.88 Å². The summed E-state index contributed by atoms with van der Waals surface area (Å²) in [6.45, 7) is 0.738. The van der Waals surface area contributed by atoms with E-state index in [1.54, 1.807) is 17.0 Å². The topological polar surface area (TPSA) is 79.7 Å². The van der Waals surface area contributed by atoms with Gasteiger partial charge >= 0.3 is 5.97 Å². The van der Waals surface area contributed by atoms with Crippen molar-refractivity contribution in [3.05, 3.63) is 23.9 Å². The average Bonchev–Trinajstić information content (AvgIpc) is 2.88. The molecule has 1 fully saturated rings. The van der Waals surface area contributed by atoms with E-state index in [1.165, 1.54) is 13.3 Å². The van der Waals surface area contributed by atoms with E-state index < -0.39 is 11.9 Å². The summed E-state index contributed by atoms with van der Waals surface area (Å²) in [5.41, 5.74) is 0.446. The molecule has 1 amide bonds. The number of aromatic nitrogens is 1. The number of rotatable bonds is 3. The molecule has 0 aliphatic carbocycles. The molecule has 2 heterocycles. The number of carboxylic acids is 1. The Hall–Kier alpha value is -2.11. The van der Waals surface area contributed by atoms with E-state index in [1.807, 2.05) is 0 Å². The summed E-state index contributed by atoms with van der Waals surface area (Å²) in [7, 11) is 1.50. The average molecular weight is 250 g/mol. The second kappa shape index (κ2) is 5.03. The first-order valence-electron chi connectivity index (χ1n) is 5.64. The molecule has 1 N–H and O–H groups in total. The largest absolute Gasteiger partial charge is 0.481 e. The van der Waals surface area contributed by atoms with Gasteiger partial charge in [0.15, 0.2) is 0 Å². The number of aliphatic carboxylic acids is 1. The van der Waals surface area contributed by atoms with Crippen LogP contribution in [0.3, 0.4) is 0 Å². The second-order valence-electron chi connectivity index (χ2n) is 4.16. The first-order valence-corrected chi connectivity index (χ1v) is 5.64. The first-order chi connectivity index (χ1) is 8.61. The number of carboxylic acid groups (broad SMARTS) is 1. The van der Waals surface area contributed by atoms with Gasteiger partial charge in [0.2, 0.25) is 5.88 Å². The van der Waals surface area contributed by atoms with Crippen molar-refractivity contribution in [3.8, 4) is 5.88 Å². The number of nitrogens with zero attached hydrogens (tertiary/aromatic N) is 2. The number of carbonyl (C=O) groups is 2. The van der Waals surface area contributed by atoms with Crippen molar-refractivity contribution in [1.29, 1.82) is 0 Å². The van der Waals surface area contributed by atoms with E-state index in [-0.39, 0.29) is 12.5 Å². The standard InChI is InChI=1S/C12H14N2O4/c1-18-10-3-2-8(6-13-10)11(15)14-5-4-9(7-14)12(16)17/h2-3,6,9H,4-5,7H2,1H3,(H,16,17). The van der Waals surface area contributed by atoms with Crippen LogP contribution >= 0.6 is 0 Å². The molecule has 18 heavy (non-hydrogen) atoms. The fourth-order valence-corrected chi connectivity index (χ4v) is 1.96. The summed E-state index contributed by atoms with van der Waals surface area (Å²) in [4.78, 5) is 28.4. The number of hydrogen-bond acceptors (Lipinski definition) is 4. The van der Waals surface area contributed by atoms with Crippen LogP contribution in [0, 0.1) is 5.92 Å². The Labute approximate surface area is 104 Å². The van der Waals surface area contributed by atoms with Gasteiger partial charge in [-0.1, -0.05) is 0 Å². The lowest BCUT2D eigenvalue weighted by molar-refractivity contribution is -0.141. The molecule has 1 aliphatic rings. The van der Waals surface area contributed by atoms with Crippen molar-refractivity contribution in [2.24, 2.45) is 5.92 Å². The monoisotopic (exact) mass is 250 g/mol. The Bertz CT molecular complexity index is 458. The molecule has 0 saturated carbocycles. The normalized spacial score (nSPS) is 18.7. The Kier molecular flexibility index (Phi) is 3.45. The minimum absolute atomic E-state index is 0.186. The number of methoxy groups -OCH3 is 1. The molecule has 1 atom stereocenters. The zero-order chi connectivity index (χ0) is 13.1. The van der Waals surface area contributed by atoms with E-state index in [4.69, 9.17) is 9.84 Å². The molecule has 0 spiro atoms. The van der Waals surface area contributed by atoms with Gasteiger partial charge in [0.25, 0.3) is 5.91 Å². The highest BCUT2D eigenvalue weighted by Crippen LogP contribution is 2.19. The Morgan fingerprint density at radius 1 is 1.50 bits per heavy atom. The molecule has 1 aliphatic heterocycles. The van der Waals surface area contributed by atoms with Gasteiger partial charge in [-0.15, -0.1) is 0 Å². The van der Waals surface area contributed by atoms with E-state index in [2.05, 4.69) is 4.98 Å². The number of likely N-dealkylation sites (tertiary alicyclic amines) is 1. The molecule has 1 aromatic heterocycles. The van der Waals surface area contributed by atoms with Crippen molar-refractivity contribution < 1.29 is 19.4 Å².